The summed E-state index contributed by atoms with van der Waals surface area (Å²) in [6.07, 6.45) is 7.77. The van der Waals surface area contributed by atoms with Gasteiger partial charge in [-0.3, -0.25) is 0 Å². The minimum Gasteiger partial charge on any atom is -0.394 e. The number of rotatable bonds is 8. The van der Waals surface area contributed by atoms with Crippen LogP contribution in [0, 0.1) is 5.92 Å². The van der Waals surface area contributed by atoms with E-state index in [2.05, 4.69) is 33.4 Å². The van der Waals surface area contributed by atoms with Crippen molar-refractivity contribution >= 4 is 22.8 Å². The summed E-state index contributed by atoms with van der Waals surface area (Å²) in [7, 11) is 0. The molecule has 1 saturated carbocycles. The normalized spacial score (nSPS) is 25.1. The van der Waals surface area contributed by atoms with Crippen LogP contribution in [0.3, 0.4) is 0 Å². The largest absolute Gasteiger partial charge is 0.394 e. The van der Waals surface area contributed by atoms with Gasteiger partial charge in [0.2, 0.25) is 5.92 Å². The molecule has 1 unspecified atom stereocenters. The van der Waals surface area contributed by atoms with Crippen molar-refractivity contribution in [1.29, 1.82) is 0 Å². The third-order valence-electron chi connectivity index (χ3n) is 8.36. The van der Waals surface area contributed by atoms with Gasteiger partial charge in [0, 0.05) is 55.5 Å². The summed E-state index contributed by atoms with van der Waals surface area (Å²) in [4.78, 5) is 6.88. The van der Waals surface area contributed by atoms with Gasteiger partial charge in [-0.05, 0) is 49.8 Å². The Hall–Kier alpha value is -2.33. The zero-order valence-corrected chi connectivity index (χ0v) is 21.2. The fourth-order valence-corrected chi connectivity index (χ4v) is 5.99. The topological polar surface area (TPSA) is 93.3 Å². The second-order valence-electron chi connectivity index (χ2n) is 10.9. The number of aliphatic hydroxyl groups excluding tert-OH is 3. The van der Waals surface area contributed by atoms with Gasteiger partial charge < -0.3 is 30.1 Å². The number of fused-ring (bicyclic) bond motifs is 1. The lowest BCUT2D eigenvalue weighted by molar-refractivity contribution is -0.0396. The SMILES string of the molecule is OC[C@@H](O)Cn1ccc2c(/C=C/CCN3CCC4(CC3)NC(C3CCC(F)(F)CC3)=NC4O)cccc21. The third kappa shape index (κ3) is 5.74. The van der Waals surface area contributed by atoms with Gasteiger partial charge in [0.1, 0.15) is 5.84 Å². The van der Waals surface area contributed by atoms with Crippen molar-refractivity contribution in [3.8, 4) is 0 Å². The lowest BCUT2D eigenvalue weighted by Crippen LogP contribution is -2.58. The van der Waals surface area contributed by atoms with Gasteiger partial charge in [0.05, 0.1) is 24.8 Å². The molecule has 7 nitrogen and oxygen atoms in total. The fraction of sp³-hybridized carbons (Fsp3) is 0.607. The van der Waals surface area contributed by atoms with E-state index in [9.17, 15) is 19.0 Å². The first-order valence-electron chi connectivity index (χ1n) is 13.5. The maximum atomic E-state index is 13.5. The molecule has 2 fully saturated rings. The van der Waals surface area contributed by atoms with Crippen LogP contribution < -0.4 is 5.32 Å². The van der Waals surface area contributed by atoms with Crippen molar-refractivity contribution in [2.24, 2.45) is 10.9 Å². The maximum absolute atomic E-state index is 13.5. The number of piperidine rings is 1. The van der Waals surface area contributed by atoms with Gasteiger partial charge in [0.15, 0.2) is 6.23 Å². The van der Waals surface area contributed by atoms with Gasteiger partial charge in [-0.2, -0.15) is 0 Å². The quantitative estimate of drug-likeness (QED) is 0.432. The second-order valence-corrected chi connectivity index (χ2v) is 10.9. The van der Waals surface area contributed by atoms with Crippen molar-refractivity contribution in [1.82, 2.24) is 14.8 Å². The number of likely N-dealkylation sites (tertiary alicyclic amines) is 1. The lowest BCUT2D eigenvalue weighted by Gasteiger charge is -2.41. The molecule has 1 aromatic heterocycles. The summed E-state index contributed by atoms with van der Waals surface area (Å²) in [5.74, 6) is -1.83. The van der Waals surface area contributed by atoms with Crippen LogP contribution >= 0.6 is 0 Å². The molecule has 2 aliphatic heterocycles. The minimum atomic E-state index is -2.56. The van der Waals surface area contributed by atoms with Crippen molar-refractivity contribution in [2.45, 2.75) is 75.3 Å². The summed E-state index contributed by atoms with van der Waals surface area (Å²) in [5, 5.41) is 34.3. The van der Waals surface area contributed by atoms with Gasteiger partial charge in [0.25, 0.3) is 0 Å². The van der Waals surface area contributed by atoms with E-state index >= 15 is 0 Å². The van der Waals surface area contributed by atoms with Crippen LogP contribution in [-0.2, 0) is 6.54 Å². The Morgan fingerprint density at radius 1 is 1.14 bits per heavy atom. The molecule has 2 atom stereocenters. The highest BCUT2D eigenvalue weighted by atomic mass is 19.3. The molecule has 5 rings (SSSR count). The summed E-state index contributed by atoms with van der Waals surface area (Å²) in [6.45, 7) is 2.73. The van der Waals surface area contributed by atoms with E-state index in [1.54, 1.807) is 0 Å². The minimum absolute atomic E-state index is 0.00192. The number of hydrogen-bond acceptors (Lipinski definition) is 6. The molecule has 1 spiro atoms. The number of hydrogen-bond donors (Lipinski definition) is 4. The first kappa shape index (κ1) is 26.3. The predicted molar refractivity (Wildman–Crippen MR) is 141 cm³/mol. The average molecular weight is 517 g/mol. The van der Waals surface area contributed by atoms with E-state index in [4.69, 9.17) is 5.11 Å². The van der Waals surface area contributed by atoms with Crippen LogP contribution in [0.1, 0.15) is 50.5 Å². The third-order valence-corrected chi connectivity index (χ3v) is 8.36. The lowest BCUT2D eigenvalue weighted by atomic mass is 9.84. The number of benzene rings is 1. The summed E-state index contributed by atoms with van der Waals surface area (Å²) in [5.41, 5.74) is 1.69. The number of halogens is 2. The van der Waals surface area contributed by atoms with Crippen molar-refractivity contribution in [3.63, 3.8) is 0 Å². The highest BCUT2D eigenvalue weighted by Crippen LogP contribution is 2.39. The van der Waals surface area contributed by atoms with Crippen LogP contribution in [0.2, 0.25) is 0 Å². The number of aliphatic imine (C=N–C) groups is 1. The first-order chi connectivity index (χ1) is 17.8. The summed E-state index contributed by atoms with van der Waals surface area (Å²) < 4.78 is 29.0. The fourth-order valence-electron chi connectivity index (χ4n) is 5.99. The molecule has 3 heterocycles. The number of nitrogens with one attached hydrogen (secondary N) is 1. The second kappa shape index (κ2) is 10.8. The highest BCUT2D eigenvalue weighted by molar-refractivity contribution is 5.89. The van der Waals surface area contributed by atoms with Crippen molar-refractivity contribution in [3.05, 3.63) is 42.1 Å². The molecule has 1 aromatic carbocycles. The number of alkyl halides is 2. The molecule has 0 radical (unpaired) electrons. The van der Waals surface area contributed by atoms with E-state index < -0.39 is 23.8 Å². The Morgan fingerprint density at radius 3 is 2.62 bits per heavy atom. The molecule has 3 aliphatic rings. The van der Waals surface area contributed by atoms with Crippen LogP contribution in [0.15, 0.2) is 41.5 Å². The first-order valence-corrected chi connectivity index (χ1v) is 13.5. The summed E-state index contributed by atoms with van der Waals surface area (Å²) >= 11 is 0. The van der Waals surface area contributed by atoms with E-state index in [0.29, 0.717) is 19.4 Å². The summed E-state index contributed by atoms with van der Waals surface area (Å²) in [6, 6.07) is 8.14. The van der Waals surface area contributed by atoms with Crippen LogP contribution in [0.25, 0.3) is 17.0 Å². The molecule has 1 aliphatic carbocycles. The van der Waals surface area contributed by atoms with Gasteiger partial charge in [-0.25, -0.2) is 13.8 Å². The molecule has 4 N–H and O–H groups in total. The molecule has 202 valence electrons. The van der Waals surface area contributed by atoms with Crippen LogP contribution in [-0.4, -0.2) is 80.7 Å². The van der Waals surface area contributed by atoms with Gasteiger partial charge in [-0.15, -0.1) is 0 Å². The number of amidine groups is 1. The number of nitrogens with zero attached hydrogens (tertiary/aromatic N) is 3. The Bertz CT molecular complexity index is 1130. The Kier molecular flexibility index (Phi) is 7.68. The van der Waals surface area contributed by atoms with Crippen LogP contribution in [0.5, 0.6) is 0 Å². The molecule has 0 bridgehead atoms. The highest BCUT2D eigenvalue weighted by Gasteiger charge is 2.47. The average Bonchev–Trinajstić information content (AvgIpc) is 3.44. The Morgan fingerprint density at radius 2 is 1.89 bits per heavy atom. The number of aliphatic hydroxyl groups is 3. The van der Waals surface area contributed by atoms with Gasteiger partial charge >= 0.3 is 0 Å². The molecular weight excluding hydrogens is 478 g/mol. The molecular formula is C28H38F2N4O3. The Balaban J connectivity index is 1.10. The molecule has 1 saturated heterocycles. The monoisotopic (exact) mass is 516 g/mol. The van der Waals surface area contributed by atoms with E-state index in [1.807, 2.05) is 29.0 Å². The zero-order chi connectivity index (χ0) is 26.0. The van der Waals surface area contributed by atoms with Crippen molar-refractivity contribution < 1.29 is 24.1 Å². The van der Waals surface area contributed by atoms with E-state index in [-0.39, 0.29) is 25.4 Å². The maximum Gasteiger partial charge on any atom is 0.248 e. The molecule has 2 aromatic rings. The van der Waals surface area contributed by atoms with E-state index in [1.165, 1.54) is 0 Å². The predicted octanol–water partition coefficient (Wildman–Crippen LogP) is 3.38. The smallest absolute Gasteiger partial charge is 0.248 e. The standard InChI is InChI=1S/C28H38F2N4O3/c29-28(30)10-7-21(8-11-28)25-31-26(37)27(32-25)12-16-33(17-13-27)14-2-1-4-20-5-3-6-24-23(20)9-15-34(24)18-22(36)19-35/h1,3-6,9,15,21-22,26,35-37H,2,7-8,10-14,16-19H2,(H,31,32)/b4-1+/t22-,26?/m0/s1. The van der Waals surface area contributed by atoms with E-state index in [0.717, 1.165) is 61.2 Å². The van der Waals surface area contributed by atoms with Crippen LogP contribution in [0.4, 0.5) is 8.78 Å². The molecule has 9 heteroatoms. The zero-order valence-electron chi connectivity index (χ0n) is 21.2. The van der Waals surface area contributed by atoms with Gasteiger partial charge in [-0.1, -0.05) is 24.3 Å². The number of aromatic nitrogens is 1. The Labute approximate surface area is 216 Å². The van der Waals surface area contributed by atoms with Crippen molar-refractivity contribution in [2.75, 3.05) is 26.2 Å². The molecule has 37 heavy (non-hydrogen) atoms. The molecule has 0 amide bonds.